The molecule has 0 saturated carbocycles. The van der Waals surface area contributed by atoms with Crippen LogP contribution in [0.3, 0.4) is 0 Å². The fraction of sp³-hybridized carbons (Fsp3) is 0.267. The first kappa shape index (κ1) is 27.6. The first-order valence-corrected chi connectivity index (χ1v) is 14.4. The van der Waals surface area contributed by atoms with E-state index in [1.54, 1.807) is 39.2 Å². The van der Waals surface area contributed by atoms with E-state index in [9.17, 15) is 8.42 Å². The lowest BCUT2D eigenvalue weighted by Crippen LogP contribution is -2.34. The largest absolute Gasteiger partial charge is 0.382 e. The molecule has 0 radical (unpaired) electrons. The average Bonchev–Trinajstić information content (AvgIpc) is 3.46. The van der Waals surface area contributed by atoms with Gasteiger partial charge < -0.3 is 18.6 Å². The number of sulfonamides is 1. The van der Waals surface area contributed by atoms with Crippen LogP contribution in [0.25, 0.3) is 22.2 Å². The molecule has 0 N–H and O–H groups in total. The van der Waals surface area contributed by atoms with E-state index in [0.29, 0.717) is 30.0 Å². The van der Waals surface area contributed by atoms with Gasteiger partial charge in [-0.15, -0.1) is 0 Å². The van der Waals surface area contributed by atoms with E-state index in [1.165, 1.54) is 0 Å². The molecule has 2 heterocycles. The Bertz CT molecular complexity index is 1720. The first-order chi connectivity index (χ1) is 19.3. The molecule has 0 aliphatic heterocycles. The minimum absolute atomic E-state index is 0.128. The number of ether oxygens (including phenoxy) is 2. The molecule has 10 heteroatoms. The SMILES string of the molecule is COCCOCN(c1onc(C)c1C)S(=O)(=O)c1ccccc1-c1ccc(Cn2c(C)nc3ccccc32)cc1. The highest BCUT2D eigenvalue weighted by molar-refractivity contribution is 7.93. The zero-order valence-electron chi connectivity index (χ0n) is 23.0. The monoisotopic (exact) mass is 560 g/mol. The molecule has 0 fully saturated rings. The number of para-hydroxylation sites is 2. The molecule has 0 atom stereocenters. The lowest BCUT2D eigenvalue weighted by Gasteiger charge is -2.23. The molecule has 5 rings (SSSR count). The third kappa shape index (κ3) is 5.38. The number of rotatable bonds is 11. The molecule has 208 valence electrons. The predicted molar refractivity (Wildman–Crippen MR) is 154 cm³/mol. The van der Waals surface area contributed by atoms with Gasteiger partial charge in [-0.25, -0.2) is 17.7 Å². The van der Waals surface area contributed by atoms with Gasteiger partial charge in [-0.1, -0.05) is 59.8 Å². The van der Waals surface area contributed by atoms with Crippen molar-refractivity contribution in [3.8, 4) is 11.1 Å². The zero-order chi connectivity index (χ0) is 28.3. The van der Waals surface area contributed by atoms with Crippen LogP contribution in [0, 0.1) is 20.8 Å². The van der Waals surface area contributed by atoms with Gasteiger partial charge in [0.25, 0.3) is 10.0 Å². The maximum atomic E-state index is 14.1. The molecule has 0 unspecified atom stereocenters. The van der Waals surface area contributed by atoms with Gasteiger partial charge in [0.15, 0.2) is 0 Å². The van der Waals surface area contributed by atoms with Crippen molar-refractivity contribution < 1.29 is 22.4 Å². The zero-order valence-corrected chi connectivity index (χ0v) is 23.8. The minimum Gasteiger partial charge on any atom is -0.382 e. The van der Waals surface area contributed by atoms with E-state index in [2.05, 4.69) is 20.8 Å². The number of imidazole rings is 1. The Hall–Kier alpha value is -3.99. The summed E-state index contributed by atoms with van der Waals surface area (Å²) in [5.41, 5.74) is 5.71. The van der Waals surface area contributed by atoms with Crippen molar-refractivity contribution in [2.45, 2.75) is 32.2 Å². The van der Waals surface area contributed by atoms with Gasteiger partial charge in [0.05, 0.1) is 34.8 Å². The van der Waals surface area contributed by atoms with E-state index >= 15 is 0 Å². The number of fused-ring (bicyclic) bond motifs is 1. The van der Waals surface area contributed by atoms with Gasteiger partial charge in [0.2, 0.25) is 5.88 Å². The normalized spacial score (nSPS) is 11.8. The predicted octanol–water partition coefficient (Wildman–Crippen LogP) is 5.48. The molecule has 0 bridgehead atoms. The average molecular weight is 561 g/mol. The second-order valence-electron chi connectivity index (χ2n) is 9.51. The second-order valence-corrected chi connectivity index (χ2v) is 11.3. The summed E-state index contributed by atoms with van der Waals surface area (Å²) < 4.78 is 47.6. The quantitative estimate of drug-likeness (QED) is 0.156. The van der Waals surface area contributed by atoms with Crippen LogP contribution in [0.1, 0.15) is 22.6 Å². The molecule has 0 aliphatic rings. The standard InChI is InChI=1S/C30H32N4O5S/c1-21-22(2)32-39-30(21)34(20-38-18-17-37-4)40(35,36)29-12-8-5-9-26(29)25-15-13-24(14-16-25)19-33-23(3)31-27-10-6-7-11-28(27)33/h5-16H,17-20H2,1-4H3. The Balaban J connectivity index is 1.47. The molecule has 0 amide bonds. The summed E-state index contributed by atoms with van der Waals surface area (Å²) in [4.78, 5) is 4.80. The van der Waals surface area contributed by atoms with Gasteiger partial charge in [0.1, 0.15) is 12.6 Å². The van der Waals surface area contributed by atoms with Crippen molar-refractivity contribution in [2.24, 2.45) is 0 Å². The summed E-state index contributed by atoms with van der Waals surface area (Å²) in [6.45, 7) is 6.51. The molecule has 3 aromatic carbocycles. The van der Waals surface area contributed by atoms with Crippen molar-refractivity contribution in [3.63, 3.8) is 0 Å². The molecule has 0 aliphatic carbocycles. The highest BCUT2D eigenvalue weighted by atomic mass is 32.2. The summed E-state index contributed by atoms with van der Waals surface area (Å²) >= 11 is 0. The third-order valence-corrected chi connectivity index (χ3v) is 8.67. The van der Waals surface area contributed by atoms with Crippen molar-refractivity contribution >= 4 is 26.9 Å². The molecule has 9 nitrogen and oxygen atoms in total. The number of aromatic nitrogens is 3. The van der Waals surface area contributed by atoms with Gasteiger partial charge in [-0.3, -0.25) is 0 Å². The van der Waals surface area contributed by atoms with Crippen molar-refractivity contribution in [3.05, 3.63) is 95.4 Å². The van der Waals surface area contributed by atoms with Crippen molar-refractivity contribution in [2.75, 3.05) is 31.4 Å². The van der Waals surface area contributed by atoms with Crippen LogP contribution >= 0.6 is 0 Å². The number of aryl methyl sites for hydroxylation is 2. The van der Waals surface area contributed by atoms with Crippen LogP contribution in [-0.2, 0) is 26.0 Å². The topological polar surface area (TPSA) is 99.7 Å². The number of benzene rings is 3. The van der Waals surface area contributed by atoms with E-state index in [4.69, 9.17) is 14.0 Å². The van der Waals surface area contributed by atoms with E-state index in [0.717, 1.165) is 32.3 Å². The summed E-state index contributed by atoms with van der Waals surface area (Å²) in [6.07, 6.45) is 0. The molecule has 0 saturated heterocycles. The fourth-order valence-electron chi connectivity index (χ4n) is 4.58. The smallest absolute Gasteiger partial charge is 0.269 e. The Morgan fingerprint density at radius 3 is 2.38 bits per heavy atom. The first-order valence-electron chi connectivity index (χ1n) is 12.9. The van der Waals surface area contributed by atoms with Crippen LogP contribution in [0.2, 0.25) is 0 Å². The fourth-order valence-corrected chi connectivity index (χ4v) is 6.13. The lowest BCUT2D eigenvalue weighted by atomic mass is 10.0. The number of hydrogen-bond acceptors (Lipinski definition) is 7. The van der Waals surface area contributed by atoms with Crippen LogP contribution in [0.15, 0.2) is 82.2 Å². The Kier molecular flexibility index (Phi) is 8.02. The van der Waals surface area contributed by atoms with Crippen LogP contribution < -0.4 is 4.31 Å². The van der Waals surface area contributed by atoms with Crippen molar-refractivity contribution in [1.29, 1.82) is 0 Å². The highest BCUT2D eigenvalue weighted by Gasteiger charge is 2.32. The van der Waals surface area contributed by atoms with E-state index in [-0.39, 0.29) is 24.1 Å². The number of nitrogens with zero attached hydrogens (tertiary/aromatic N) is 4. The molecule has 5 aromatic rings. The molecule has 2 aromatic heterocycles. The Labute approximate surface area is 234 Å². The summed E-state index contributed by atoms with van der Waals surface area (Å²) in [5.74, 6) is 1.07. The third-order valence-electron chi connectivity index (χ3n) is 6.91. The number of anilines is 1. The van der Waals surface area contributed by atoms with Crippen LogP contribution in [0.5, 0.6) is 0 Å². The Morgan fingerprint density at radius 1 is 0.925 bits per heavy atom. The number of hydrogen-bond donors (Lipinski definition) is 0. The van der Waals surface area contributed by atoms with Gasteiger partial charge >= 0.3 is 0 Å². The Morgan fingerprint density at radius 2 is 1.65 bits per heavy atom. The van der Waals surface area contributed by atoms with Crippen LogP contribution in [-0.4, -0.2) is 50.2 Å². The molecular weight excluding hydrogens is 528 g/mol. The maximum absolute atomic E-state index is 14.1. The number of methoxy groups -OCH3 is 1. The van der Waals surface area contributed by atoms with Gasteiger partial charge in [-0.2, -0.15) is 0 Å². The van der Waals surface area contributed by atoms with Crippen molar-refractivity contribution in [1.82, 2.24) is 14.7 Å². The summed E-state index contributed by atoms with van der Waals surface area (Å²) in [6, 6.07) is 22.9. The van der Waals surface area contributed by atoms with Crippen LogP contribution in [0.4, 0.5) is 5.88 Å². The minimum atomic E-state index is -4.09. The van der Waals surface area contributed by atoms with E-state index < -0.39 is 10.0 Å². The highest BCUT2D eigenvalue weighted by Crippen LogP contribution is 2.34. The summed E-state index contributed by atoms with van der Waals surface area (Å²) in [5, 5.41) is 3.97. The van der Waals surface area contributed by atoms with Gasteiger partial charge in [-0.05, 0) is 50.1 Å². The van der Waals surface area contributed by atoms with Gasteiger partial charge in [0, 0.05) is 24.8 Å². The molecule has 0 spiro atoms. The van der Waals surface area contributed by atoms with E-state index in [1.807, 2.05) is 55.5 Å². The molecule has 40 heavy (non-hydrogen) atoms. The maximum Gasteiger partial charge on any atom is 0.269 e. The summed E-state index contributed by atoms with van der Waals surface area (Å²) in [7, 11) is -2.53. The molecular formula is C30H32N4O5S. The second kappa shape index (κ2) is 11.6. The lowest BCUT2D eigenvalue weighted by molar-refractivity contribution is 0.0744.